The van der Waals surface area contributed by atoms with Crippen LogP contribution in [0.15, 0.2) is 0 Å². The van der Waals surface area contributed by atoms with Crippen LogP contribution < -0.4 is 10.6 Å². The predicted octanol–water partition coefficient (Wildman–Crippen LogP) is 1.05. The molecular formula is C15H24N2O4. The molecule has 2 fully saturated rings. The zero-order valence-electron chi connectivity index (χ0n) is 12.4. The van der Waals surface area contributed by atoms with E-state index in [9.17, 15) is 14.4 Å². The zero-order chi connectivity index (χ0) is 15.4. The third kappa shape index (κ3) is 4.19. The lowest BCUT2D eigenvalue weighted by Gasteiger charge is -2.25. The Morgan fingerprint density at radius 2 is 1.76 bits per heavy atom. The molecule has 0 aromatic carbocycles. The largest absolute Gasteiger partial charge is 0.481 e. The van der Waals surface area contributed by atoms with Crippen LogP contribution in [-0.2, 0) is 14.4 Å². The van der Waals surface area contributed by atoms with Crippen molar-refractivity contribution in [1.82, 2.24) is 10.6 Å². The molecule has 118 valence electrons. The van der Waals surface area contributed by atoms with E-state index in [1.165, 1.54) is 6.92 Å². The summed E-state index contributed by atoms with van der Waals surface area (Å²) in [4.78, 5) is 34.7. The van der Waals surface area contributed by atoms with Gasteiger partial charge in [0.05, 0.1) is 5.92 Å². The van der Waals surface area contributed by atoms with Crippen LogP contribution in [0.25, 0.3) is 0 Å². The molecule has 0 saturated heterocycles. The molecule has 21 heavy (non-hydrogen) atoms. The van der Waals surface area contributed by atoms with E-state index in [1.807, 2.05) is 0 Å². The molecule has 0 aromatic rings. The molecule has 1 unspecified atom stereocenters. The second-order valence-corrected chi connectivity index (χ2v) is 6.28. The smallest absolute Gasteiger partial charge is 0.306 e. The van der Waals surface area contributed by atoms with Crippen molar-refractivity contribution < 1.29 is 19.5 Å². The maximum absolute atomic E-state index is 12.4. The Kier molecular flexibility index (Phi) is 5.20. The maximum Gasteiger partial charge on any atom is 0.306 e. The standard InChI is InChI=1S/C15H24N2O4/c1-9(18)16-13(10-4-2-3-5-10)14(19)17-12-7-6-11(8-12)15(20)21/h10-13H,2-8H2,1H3,(H,16,18)(H,17,19)(H,20,21)/t11-,12+,13?/m1/s1. The molecular weight excluding hydrogens is 272 g/mol. The Morgan fingerprint density at radius 3 is 2.29 bits per heavy atom. The van der Waals surface area contributed by atoms with Gasteiger partial charge in [0.2, 0.25) is 11.8 Å². The number of amides is 2. The van der Waals surface area contributed by atoms with E-state index in [2.05, 4.69) is 10.6 Å². The van der Waals surface area contributed by atoms with Gasteiger partial charge in [0.1, 0.15) is 6.04 Å². The average molecular weight is 296 g/mol. The van der Waals surface area contributed by atoms with Gasteiger partial charge in [0.25, 0.3) is 0 Å². The van der Waals surface area contributed by atoms with Gasteiger partial charge < -0.3 is 15.7 Å². The molecule has 2 aliphatic carbocycles. The Balaban J connectivity index is 1.92. The summed E-state index contributed by atoms with van der Waals surface area (Å²) in [5.41, 5.74) is 0. The van der Waals surface area contributed by atoms with Gasteiger partial charge >= 0.3 is 5.97 Å². The van der Waals surface area contributed by atoms with Crippen molar-refractivity contribution in [1.29, 1.82) is 0 Å². The fourth-order valence-corrected chi connectivity index (χ4v) is 3.54. The van der Waals surface area contributed by atoms with Crippen LogP contribution >= 0.6 is 0 Å². The molecule has 0 radical (unpaired) electrons. The highest BCUT2D eigenvalue weighted by Gasteiger charge is 2.35. The van der Waals surface area contributed by atoms with E-state index in [0.717, 1.165) is 25.7 Å². The average Bonchev–Trinajstić information content (AvgIpc) is 3.06. The number of carboxylic acids is 1. The first-order valence-electron chi connectivity index (χ1n) is 7.77. The predicted molar refractivity (Wildman–Crippen MR) is 76.5 cm³/mol. The molecule has 2 saturated carbocycles. The molecule has 2 rings (SSSR count). The number of nitrogens with one attached hydrogen (secondary N) is 2. The van der Waals surface area contributed by atoms with E-state index in [4.69, 9.17) is 5.11 Å². The molecule has 2 aliphatic rings. The maximum atomic E-state index is 12.4. The minimum Gasteiger partial charge on any atom is -0.481 e. The Bertz CT molecular complexity index is 418. The van der Waals surface area contributed by atoms with Crippen LogP contribution in [0, 0.1) is 11.8 Å². The van der Waals surface area contributed by atoms with Crippen molar-refractivity contribution in [2.24, 2.45) is 11.8 Å². The van der Waals surface area contributed by atoms with Gasteiger partial charge in [-0.15, -0.1) is 0 Å². The molecule has 2 amide bonds. The van der Waals surface area contributed by atoms with Crippen LogP contribution in [0.3, 0.4) is 0 Å². The lowest BCUT2D eigenvalue weighted by Crippen LogP contribution is -2.51. The minimum atomic E-state index is -0.791. The van der Waals surface area contributed by atoms with Crippen LogP contribution in [0.4, 0.5) is 0 Å². The second kappa shape index (κ2) is 6.91. The van der Waals surface area contributed by atoms with Crippen LogP contribution in [0.2, 0.25) is 0 Å². The Labute approximate surface area is 124 Å². The fourth-order valence-electron chi connectivity index (χ4n) is 3.54. The summed E-state index contributed by atoms with van der Waals surface area (Å²) >= 11 is 0. The summed E-state index contributed by atoms with van der Waals surface area (Å²) in [6, 6.07) is -0.565. The number of hydrogen-bond acceptors (Lipinski definition) is 3. The number of carbonyl (C=O) groups is 3. The van der Waals surface area contributed by atoms with Crippen molar-refractivity contribution in [3.05, 3.63) is 0 Å². The molecule has 3 N–H and O–H groups in total. The van der Waals surface area contributed by atoms with E-state index < -0.39 is 12.0 Å². The molecule has 0 heterocycles. The van der Waals surface area contributed by atoms with E-state index in [-0.39, 0.29) is 29.7 Å². The first-order valence-corrected chi connectivity index (χ1v) is 7.77. The summed E-state index contributed by atoms with van der Waals surface area (Å²) in [6.07, 6.45) is 5.89. The Hall–Kier alpha value is -1.59. The first-order chi connectivity index (χ1) is 9.97. The highest BCUT2D eigenvalue weighted by Crippen LogP contribution is 2.29. The number of rotatable bonds is 5. The lowest BCUT2D eigenvalue weighted by atomic mass is 9.96. The molecule has 0 aromatic heterocycles. The normalized spacial score (nSPS) is 27.3. The van der Waals surface area contributed by atoms with E-state index in [1.54, 1.807) is 0 Å². The SMILES string of the molecule is CC(=O)NC(C(=O)N[C@H]1CC[C@@H](C(=O)O)C1)C1CCCC1. The molecule has 0 spiro atoms. The minimum absolute atomic E-state index is 0.0868. The molecule has 6 nitrogen and oxygen atoms in total. The zero-order valence-corrected chi connectivity index (χ0v) is 12.4. The van der Waals surface area contributed by atoms with E-state index in [0.29, 0.717) is 19.3 Å². The topological polar surface area (TPSA) is 95.5 Å². The second-order valence-electron chi connectivity index (χ2n) is 6.28. The van der Waals surface area contributed by atoms with Gasteiger partial charge in [-0.3, -0.25) is 14.4 Å². The molecule has 0 aliphatic heterocycles. The van der Waals surface area contributed by atoms with Gasteiger partial charge in [-0.1, -0.05) is 12.8 Å². The summed E-state index contributed by atoms with van der Waals surface area (Å²) in [5.74, 6) is -1.31. The molecule has 3 atom stereocenters. The number of carboxylic acid groups (broad SMARTS) is 1. The van der Waals surface area contributed by atoms with Gasteiger partial charge in [-0.25, -0.2) is 0 Å². The highest BCUT2D eigenvalue weighted by atomic mass is 16.4. The number of carbonyl (C=O) groups excluding carboxylic acids is 2. The van der Waals surface area contributed by atoms with Crippen molar-refractivity contribution >= 4 is 17.8 Å². The van der Waals surface area contributed by atoms with Crippen molar-refractivity contribution in [2.75, 3.05) is 0 Å². The molecule has 0 bridgehead atoms. The van der Waals surface area contributed by atoms with Gasteiger partial charge in [0, 0.05) is 13.0 Å². The van der Waals surface area contributed by atoms with E-state index >= 15 is 0 Å². The van der Waals surface area contributed by atoms with Crippen molar-refractivity contribution in [3.63, 3.8) is 0 Å². The molecule has 6 heteroatoms. The van der Waals surface area contributed by atoms with Gasteiger partial charge in [0.15, 0.2) is 0 Å². The Morgan fingerprint density at radius 1 is 1.10 bits per heavy atom. The third-order valence-electron chi connectivity index (χ3n) is 4.64. The highest BCUT2D eigenvalue weighted by molar-refractivity contribution is 5.87. The quantitative estimate of drug-likeness (QED) is 0.706. The fraction of sp³-hybridized carbons (Fsp3) is 0.800. The summed E-state index contributed by atoms with van der Waals surface area (Å²) < 4.78 is 0. The monoisotopic (exact) mass is 296 g/mol. The van der Waals surface area contributed by atoms with Crippen LogP contribution in [0.5, 0.6) is 0 Å². The van der Waals surface area contributed by atoms with Gasteiger partial charge in [-0.05, 0) is 38.0 Å². The summed E-state index contributed by atoms with van der Waals surface area (Å²) in [6.45, 7) is 1.42. The summed E-state index contributed by atoms with van der Waals surface area (Å²) in [5, 5.41) is 14.7. The summed E-state index contributed by atoms with van der Waals surface area (Å²) in [7, 11) is 0. The van der Waals surface area contributed by atoms with Crippen molar-refractivity contribution in [3.8, 4) is 0 Å². The van der Waals surface area contributed by atoms with Crippen LogP contribution in [-0.4, -0.2) is 35.0 Å². The third-order valence-corrected chi connectivity index (χ3v) is 4.64. The van der Waals surface area contributed by atoms with Crippen molar-refractivity contribution in [2.45, 2.75) is 64.0 Å². The first kappa shape index (κ1) is 15.8. The van der Waals surface area contributed by atoms with Crippen LogP contribution in [0.1, 0.15) is 51.9 Å². The number of hydrogen-bond donors (Lipinski definition) is 3. The van der Waals surface area contributed by atoms with Gasteiger partial charge in [-0.2, -0.15) is 0 Å². The lowest BCUT2D eigenvalue weighted by molar-refractivity contribution is -0.141. The number of aliphatic carboxylic acids is 1.